The van der Waals surface area contributed by atoms with Crippen molar-refractivity contribution in [2.45, 2.75) is 0 Å². The molecule has 0 radical (unpaired) electrons. The maximum Gasteiger partial charge on any atom is 0.166 e. The van der Waals surface area contributed by atoms with Gasteiger partial charge in [-0.25, -0.2) is 15.0 Å². The highest BCUT2D eigenvalue weighted by atomic mass is 16.3. The molecule has 0 unspecified atom stereocenters. The number of hydrogen-bond donors (Lipinski definition) is 0. The third kappa shape index (κ3) is 5.12. The molecule has 6 heteroatoms. The lowest BCUT2D eigenvalue weighted by atomic mass is 10.1. The van der Waals surface area contributed by atoms with E-state index in [1.165, 1.54) is 26.9 Å². The zero-order chi connectivity index (χ0) is 40.0. The third-order valence-electron chi connectivity index (χ3n) is 12.1. The molecule has 13 aromatic rings. The van der Waals surface area contributed by atoms with Gasteiger partial charge in [-0.3, -0.25) is 0 Å². The smallest absolute Gasteiger partial charge is 0.166 e. The molecule has 0 aliphatic heterocycles. The fourth-order valence-electron chi connectivity index (χ4n) is 9.40. The molecule has 0 saturated heterocycles. The summed E-state index contributed by atoms with van der Waals surface area (Å²) in [6.45, 7) is 0. The third-order valence-corrected chi connectivity index (χ3v) is 12.1. The summed E-state index contributed by atoms with van der Waals surface area (Å²) in [6.07, 6.45) is 0. The molecule has 0 N–H and O–H groups in total. The summed E-state index contributed by atoms with van der Waals surface area (Å²) >= 11 is 0. The van der Waals surface area contributed by atoms with Crippen molar-refractivity contribution in [3.8, 4) is 45.5 Å². The standard InChI is InChI=1S/C55H33N5O/c1-3-16-34(17-4-1)53-56-54(58-55(57-53)43-26-15-25-42-39-22-9-12-27-46(39)59(51(42)43)38-20-5-2-6-21-38)37-31-45-41-24-11-14-29-50(41)61-52(45)49(33-37)60-47-28-13-10-23-40(47)44-30-35-18-7-8-19-36(35)32-48(44)60/h1-33H. The number of benzene rings is 9. The number of hydrogen-bond acceptors (Lipinski definition) is 4. The van der Waals surface area contributed by atoms with E-state index in [-0.39, 0.29) is 0 Å². The number of furan rings is 1. The Kier molecular flexibility index (Phi) is 7.21. The zero-order valence-electron chi connectivity index (χ0n) is 32.7. The van der Waals surface area contributed by atoms with E-state index in [9.17, 15) is 0 Å². The van der Waals surface area contributed by atoms with Gasteiger partial charge in [0.05, 0.1) is 27.8 Å². The Balaban J connectivity index is 1.13. The summed E-state index contributed by atoms with van der Waals surface area (Å²) in [6, 6.07) is 70.2. The van der Waals surface area contributed by atoms with Crippen LogP contribution in [0.15, 0.2) is 205 Å². The van der Waals surface area contributed by atoms with Crippen molar-refractivity contribution < 1.29 is 4.42 Å². The second-order valence-electron chi connectivity index (χ2n) is 15.6. The molecule has 13 rings (SSSR count). The molecule has 0 saturated carbocycles. The molecule has 9 aromatic carbocycles. The first-order valence-electron chi connectivity index (χ1n) is 20.5. The predicted molar refractivity (Wildman–Crippen MR) is 250 cm³/mol. The molecule has 0 spiro atoms. The van der Waals surface area contributed by atoms with Crippen LogP contribution in [-0.2, 0) is 0 Å². The van der Waals surface area contributed by atoms with Crippen LogP contribution in [-0.4, -0.2) is 24.1 Å². The lowest BCUT2D eigenvalue weighted by molar-refractivity contribution is 0.666. The summed E-state index contributed by atoms with van der Waals surface area (Å²) in [5, 5.41) is 9.05. The number of aromatic nitrogens is 5. The largest absolute Gasteiger partial charge is 0.454 e. The van der Waals surface area contributed by atoms with Crippen LogP contribution in [0.5, 0.6) is 0 Å². The molecular weight excluding hydrogens is 747 g/mol. The van der Waals surface area contributed by atoms with Gasteiger partial charge in [0.25, 0.3) is 0 Å². The maximum absolute atomic E-state index is 6.83. The highest BCUT2D eigenvalue weighted by Crippen LogP contribution is 2.43. The minimum absolute atomic E-state index is 0.572. The Bertz CT molecular complexity index is 3880. The molecule has 61 heavy (non-hydrogen) atoms. The van der Waals surface area contributed by atoms with Gasteiger partial charge in [-0.05, 0) is 71.4 Å². The Morgan fingerprint density at radius 1 is 0.361 bits per heavy atom. The molecule has 0 amide bonds. The summed E-state index contributed by atoms with van der Waals surface area (Å²) < 4.78 is 11.5. The van der Waals surface area contributed by atoms with Crippen molar-refractivity contribution in [1.29, 1.82) is 0 Å². The first-order valence-corrected chi connectivity index (χ1v) is 20.5. The topological polar surface area (TPSA) is 61.7 Å². The summed E-state index contributed by atoms with van der Waals surface area (Å²) in [4.78, 5) is 16.0. The van der Waals surface area contributed by atoms with E-state index in [2.05, 4.69) is 179 Å². The maximum atomic E-state index is 6.83. The van der Waals surface area contributed by atoms with Crippen LogP contribution >= 0.6 is 0 Å². The predicted octanol–water partition coefficient (Wildman–Crippen LogP) is 14.1. The van der Waals surface area contributed by atoms with Crippen LogP contribution < -0.4 is 0 Å². The fourth-order valence-corrected chi connectivity index (χ4v) is 9.40. The molecule has 0 fully saturated rings. The van der Waals surface area contributed by atoms with Gasteiger partial charge in [0.2, 0.25) is 0 Å². The summed E-state index contributed by atoms with van der Waals surface area (Å²) in [5.41, 5.74) is 10.6. The SMILES string of the molecule is c1ccc(-c2nc(-c3cc(-n4c5ccccc5c5cc6ccccc6cc54)c4oc5ccccc5c4c3)nc(-c3cccc4c5ccccc5n(-c5ccccc5)c34)n2)cc1. The van der Waals surface area contributed by atoms with Crippen LogP contribution in [0.4, 0.5) is 0 Å². The van der Waals surface area contributed by atoms with Gasteiger partial charge in [-0.1, -0.05) is 140 Å². The second-order valence-corrected chi connectivity index (χ2v) is 15.6. The van der Waals surface area contributed by atoms with Crippen molar-refractivity contribution >= 4 is 76.3 Å². The van der Waals surface area contributed by atoms with E-state index in [0.29, 0.717) is 17.5 Å². The molecule has 0 aliphatic rings. The van der Waals surface area contributed by atoms with Crippen molar-refractivity contribution in [2.75, 3.05) is 0 Å². The lowest BCUT2D eigenvalue weighted by Gasteiger charge is -2.14. The molecule has 4 aromatic heterocycles. The fraction of sp³-hybridized carbons (Fsp3) is 0. The molecule has 284 valence electrons. The van der Waals surface area contributed by atoms with Crippen LogP contribution in [0.25, 0.3) is 122 Å². The van der Waals surface area contributed by atoms with Gasteiger partial charge in [0, 0.05) is 54.7 Å². The number of fused-ring (bicyclic) bond motifs is 10. The highest BCUT2D eigenvalue weighted by molar-refractivity contribution is 6.16. The lowest BCUT2D eigenvalue weighted by Crippen LogP contribution is -2.03. The monoisotopic (exact) mass is 779 g/mol. The normalized spacial score (nSPS) is 11.9. The van der Waals surface area contributed by atoms with Gasteiger partial charge >= 0.3 is 0 Å². The first kappa shape index (κ1) is 33.6. The molecule has 6 nitrogen and oxygen atoms in total. The van der Waals surface area contributed by atoms with Crippen molar-refractivity contribution in [2.24, 2.45) is 0 Å². The number of rotatable bonds is 5. The zero-order valence-corrected chi connectivity index (χ0v) is 32.7. The van der Waals surface area contributed by atoms with E-state index in [1.54, 1.807) is 0 Å². The molecule has 0 aliphatic carbocycles. The minimum atomic E-state index is 0.572. The van der Waals surface area contributed by atoms with Crippen molar-refractivity contribution in [3.63, 3.8) is 0 Å². The average Bonchev–Trinajstić information content (AvgIpc) is 3.98. The van der Waals surface area contributed by atoms with Gasteiger partial charge in [-0.2, -0.15) is 0 Å². The first-order chi connectivity index (χ1) is 30.2. The van der Waals surface area contributed by atoms with E-state index in [0.717, 1.165) is 77.5 Å². The van der Waals surface area contributed by atoms with Crippen molar-refractivity contribution in [3.05, 3.63) is 200 Å². The Labute approximate surface area is 349 Å². The van der Waals surface area contributed by atoms with E-state index < -0.39 is 0 Å². The van der Waals surface area contributed by atoms with Crippen LogP contribution in [0.2, 0.25) is 0 Å². The summed E-state index contributed by atoms with van der Waals surface area (Å²) in [7, 11) is 0. The minimum Gasteiger partial charge on any atom is -0.454 e. The van der Waals surface area contributed by atoms with Gasteiger partial charge in [0.15, 0.2) is 23.1 Å². The van der Waals surface area contributed by atoms with E-state index >= 15 is 0 Å². The quantitative estimate of drug-likeness (QED) is 0.175. The molecular formula is C55H33N5O. The van der Waals surface area contributed by atoms with Gasteiger partial charge in [0.1, 0.15) is 5.58 Å². The Morgan fingerprint density at radius 2 is 0.951 bits per heavy atom. The van der Waals surface area contributed by atoms with E-state index in [4.69, 9.17) is 19.4 Å². The van der Waals surface area contributed by atoms with Gasteiger partial charge in [-0.15, -0.1) is 0 Å². The van der Waals surface area contributed by atoms with Crippen LogP contribution in [0, 0.1) is 0 Å². The molecule has 0 atom stereocenters. The Morgan fingerprint density at radius 3 is 1.74 bits per heavy atom. The molecule has 0 bridgehead atoms. The Hall–Kier alpha value is -8.35. The summed E-state index contributed by atoms with van der Waals surface area (Å²) in [5.74, 6) is 1.77. The van der Waals surface area contributed by atoms with Crippen LogP contribution in [0.3, 0.4) is 0 Å². The number of para-hydroxylation sites is 5. The van der Waals surface area contributed by atoms with Crippen molar-refractivity contribution in [1.82, 2.24) is 24.1 Å². The molecule has 4 heterocycles. The second kappa shape index (κ2) is 13.1. The number of nitrogens with zero attached hydrogens (tertiary/aromatic N) is 5. The van der Waals surface area contributed by atoms with Crippen LogP contribution in [0.1, 0.15) is 0 Å². The van der Waals surface area contributed by atoms with Gasteiger partial charge < -0.3 is 13.6 Å². The van der Waals surface area contributed by atoms with E-state index in [1.807, 2.05) is 30.3 Å². The average molecular weight is 780 g/mol. The highest BCUT2D eigenvalue weighted by Gasteiger charge is 2.23.